The van der Waals surface area contributed by atoms with Crippen LogP contribution in [0.15, 0.2) is 182 Å². The molecule has 0 saturated carbocycles. The third kappa shape index (κ3) is 5.75. The summed E-state index contributed by atoms with van der Waals surface area (Å²) in [5, 5.41) is 16.6. The molecular weight excluding hydrogens is 769 g/mol. The standard InChI is InChI=1S/C64H50/c1-5-21-41(22-6-1)55-51-37-17-29-43-25-9-3-11-27-45-31-19-39-53-56(42-23-7-2-8-24-42)54-40-20-32-46-28-12-4-10-26-44-30-18-38-52(55)58(44)63(57(43)51)61-47-33-13-15-35-49(47)62(64(59(45)53)60(46)54)50-36-16-14-34-48(50)61/h1-2,5-8,13-24,29-40H,3-4,9-12,25-28H2. The van der Waals surface area contributed by atoms with Gasteiger partial charge in [-0.25, -0.2) is 0 Å². The Bertz CT molecular complexity index is 3210. The average molecular weight is 819 g/mol. The minimum absolute atomic E-state index is 1.05. The molecule has 13 rings (SSSR count). The van der Waals surface area contributed by atoms with Crippen molar-refractivity contribution in [1.82, 2.24) is 0 Å². The molecule has 0 fully saturated rings. The second-order valence-electron chi connectivity index (χ2n) is 18.6. The average Bonchev–Trinajstić information content (AvgIpc) is 3.35. The molecule has 0 amide bonds. The lowest BCUT2D eigenvalue weighted by atomic mass is 9.76. The first-order chi connectivity index (χ1) is 31.8. The van der Waals surface area contributed by atoms with Crippen LogP contribution < -0.4 is 0 Å². The second-order valence-corrected chi connectivity index (χ2v) is 18.6. The fourth-order valence-electron chi connectivity index (χ4n) is 12.4. The molecule has 0 N–H and O–H groups in total. The van der Waals surface area contributed by atoms with Crippen molar-refractivity contribution >= 4 is 64.6 Å². The van der Waals surface area contributed by atoms with Crippen LogP contribution in [-0.2, 0) is 25.7 Å². The van der Waals surface area contributed by atoms with Gasteiger partial charge >= 0.3 is 0 Å². The van der Waals surface area contributed by atoms with Gasteiger partial charge in [-0.3, -0.25) is 0 Å². The predicted molar refractivity (Wildman–Crippen MR) is 276 cm³/mol. The summed E-state index contributed by atoms with van der Waals surface area (Å²) in [5.41, 5.74) is 16.8. The Morgan fingerprint density at radius 2 is 0.453 bits per heavy atom. The van der Waals surface area contributed by atoms with Crippen molar-refractivity contribution in [2.24, 2.45) is 0 Å². The molecule has 11 aromatic rings. The zero-order chi connectivity index (χ0) is 42.1. The van der Waals surface area contributed by atoms with Crippen LogP contribution in [-0.4, -0.2) is 0 Å². The Hall–Kier alpha value is -7.02. The molecule has 0 heterocycles. The minimum atomic E-state index is 1.05. The largest absolute Gasteiger partial charge is 0.0622 e. The Labute approximate surface area is 375 Å². The summed E-state index contributed by atoms with van der Waals surface area (Å²) < 4.78 is 0. The van der Waals surface area contributed by atoms with Gasteiger partial charge in [0.05, 0.1) is 0 Å². The number of hydrogen-bond donors (Lipinski definition) is 0. The quantitative estimate of drug-likeness (QED) is 0.152. The van der Waals surface area contributed by atoms with Crippen LogP contribution in [0.1, 0.15) is 60.8 Å². The highest BCUT2D eigenvalue weighted by molar-refractivity contribution is 6.34. The van der Waals surface area contributed by atoms with E-state index in [1.807, 2.05) is 0 Å². The first-order valence-electron chi connectivity index (χ1n) is 23.9. The Kier molecular flexibility index (Phi) is 9.00. The van der Waals surface area contributed by atoms with Crippen LogP contribution in [0, 0.1) is 0 Å². The van der Waals surface area contributed by atoms with Crippen molar-refractivity contribution in [1.29, 1.82) is 0 Å². The molecular formula is C64H50. The number of fused-ring (bicyclic) bond motifs is 1. The van der Waals surface area contributed by atoms with Gasteiger partial charge in [0.2, 0.25) is 0 Å². The van der Waals surface area contributed by atoms with Crippen molar-refractivity contribution in [3.8, 4) is 44.5 Å². The van der Waals surface area contributed by atoms with Gasteiger partial charge in [0.1, 0.15) is 0 Å². The van der Waals surface area contributed by atoms with Crippen LogP contribution in [0.25, 0.3) is 109 Å². The van der Waals surface area contributed by atoms with E-state index in [0.717, 1.165) is 51.4 Å². The van der Waals surface area contributed by atoms with Crippen molar-refractivity contribution in [3.05, 3.63) is 204 Å². The van der Waals surface area contributed by atoms with Crippen molar-refractivity contribution < 1.29 is 0 Å². The van der Waals surface area contributed by atoms with Gasteiger partial charge in [0, 0.05) is 0 Å². The van der Waals surface area contributed by atoms with E-state index in [0.29, 0.717) is 0 Å². The zero-order valence-electron chi connectivity index (χ0n) is 36.4. The molecule has 0 unspecified atom stereocenters. The van der Waals surface area contributed by atoms with E-state index in [1.54, 1.807) is 0 Å². The zero-order valence-corrected chi connectivity index (χ0v) is 36.4. The molecule has 0 nitrogen and oxygen atoms in total. The van der Waals surface area contributed by atoms with Gasteiger partial charge in [-0.2, -0.15) is 0 Å². The summed E-state index contributed by atoms with van der Waals surface area (Å²) in [4.78, 5) is 0. The number of aryl methyl sites for hydroxylation is 4. The molecule has 0 heteroatoms. The van der Waals surface area contributed by atoms with Gasteiger partial charge in [0.25, 0.3) is 0 Å². The lowest BCUT2D eigenvalue weighted by Crippen LogP contribution is -2.00. The smallest absolute Gasteiger partial charge is 0.000833 e. The summed E-state index contributed by atoms with van der Waals surface area (Å²) in [7, 11) is 0. The third-order valence-electron chi connectivity index (χ3n) is 15.0. The molecule has 306 valence electrons. The van der Waals surface area contributed by atoms with Crippen LogP contribution in [0.2, 0.25) is 0 Å². The molecule has 2 aliphatic rings. The molecule has 0 saturated heterocycles. The first-order valence-corrected chi connectivity index (χ1v) is 23.9. The van der Waals surface area contributed by atoms with E-state index in [1.165, 1.54) is 144 Å². The van der Waals surface area contributed by atoms with Crippen LogP contribution in [0.4, 0.5) is 0 Å². The third-order valence-corrected chi connectivity index (χ3v) is 15.0. The number of benzene rings is 11. The topological polar surface area (TPSA) is 0 Å². The molecule has 4 bridgehead atoms. The maximum atomic E-state index is 2.46. The summed E-state index contributed by atoms with van der Waals surface area (Å²) in [6.45, 7) is 0. The Morgan fingerprint density at radius 3 is 0.750 bits per heavy atom. The predicted octanol–water partition coefficient (Wildman–Crippen LogP) is 17.8. The highest BCUT2D eigenvalue weighted by Gasteiger charge is 2.28. The van der Waals surface area contributed by atoms with E-state index >= 15 is 0 Å². The molecule has 0 aromatic heterocycles. The van der Waals surface area contributed by atoms with Crippen LogP contribution >= 0.6 is 0 Å². The molecule has 0 radical (unpaired) electrons. The number of rotatable bonds is 2. The van der Waals surface area contributed by atoms with Gasteiger partial charge in [0.15, 0.2) is 0 Å². The normalized spacial score (nSPS) is 14.2. The maximum Gasteiger partial charge on any atom is -0.000833 e. The fraction of sp³-hybridized carbons (Fsp3) is 0.156. The van der Waals surface area contributed by atoms with Crippen molar-refractivity contribution in [3.63, 3.8) is 0 Å². The van der Waals surface area contributed by atoms with E-state index in [-0.39, 0.29) is 0 Å². The minimum Gasteiger partial charge on any atom is -0.0622 e. The molecule has 2 aliphatic carbocycles. The Morgan fingerprint density at radius 1 is 0.188 bits per heavy atom. The monoisotopic (exact) mass is 818 g/mol. The van der Waals surface area contributed by atoms with Gasteiger partial charge in [-0.15, -0.1) is 0 Å². The van der Waals surface area contributed by atoms with Crippen LogP contribution in [0.5, 0.6) is 0 Å². The molecule has 0 atom stereocenters. The van der Waals surface area contributed by atoms with Gasteiger partial charge < -0.3 is 0 Å². The lowest BCUT2D eigenvalue weighted by molar-refractivity contribution is 0.681. The number of hydrogen-bond acceptors (Lipinski definition) is 0. The highest BCUT2D eigenvalue weighted by atomic mass is 14.3. The maximum absolute atomic E-state index is 2.46. The summed E-state index contributed by atoms with van der Waals surface area (Å²) in [6, 6.07) is 70.4. The fourth-order valence-corrected chi connectivity index (χ4v) is 12.4. The first kappa shape index (κ1) is 37.5. The van der Waals surface area contributed by atoms with E-state index < -0.39 is 0 Å². The molecule has 64 heavy (non-hydrogen) atoms. The van der Waals surface area contributed by atoms with E-state index in [2.05, 4.69) is 182 Å². The molecule has 0 spiro atoms. The van der Waals surface area contributed by atoms with E-state index in [4.69, 9.17) is 0 Å². The second kappa shape index (κ2) is 15.4. The summed E-state index contributed by atoms with van der Waals surface area (Å²) in [5.74, 6) is 0. The molecule has 11 aromatic carbocycles. The van der Waals surface area contributed by atoms with Crippen molar-refractivity contribution in [2.45, 2.75) is 64.2 Å². The van der Waals surface area contributed by atoms with Crippen molar-refractivity contribution in [2.75, 3.05) is 0 Å². The highest BCUT2D eigenvalue weighted by Crippen LogP contribution is 2.55. The Balaban J connectivity index is 1.31. The molecule has 0 aliphatic heterocycles. The van der Waals surface area contributed by atoms with Gasteiger partial charge in [-0.05, 0) is 183 Å². The van der Waals surface area contributed by atoms with Gasteiger partial charge in [-0.1, -0.05) is 195 Å². The summed E-state index contributed by atoms with van der Waals surface area (Å²) >= 11 is 0. The summed E-state index contributed by atoms with van der Waals surface area (Å²) in [6.07, 6.45) is 11.2. The SMILES string of the molecule is c1ccc(-c2c3cccc4c3c3c5c(cccc25)CCCCCc2cccc5c(-c6ccccc6)c6cccc(c6c(c25)-c2c5ccccc5c-3c3ccccc23)CCCCC4)cc1. The lowest BCUT2D eigenvalue weighted by Gasteiger charge is -2.26. The van der Waals surface area contributed by atoms with Crippen LogP contribution in [0.3, 0.4) is 0 Å². The van der Waals surface area contributed by atoms with E-state index in [9.17, 15) is 0 Å².